The molecule has 1 unspecified atom stereocenters. The Bertz CT molecular complexity index is 55.5. The Hall–Kier alpha value is -0.140. The van der Waals surface area contributed by atoms with Gasteiger partial charge in [0.05, 0.1) is 0 Å². The van der Waals surface area contributed by atoms with Gasteiger partial charge in [0.25, 0.3) is 5.65 Å². The summed E-state index contributed by atoms with van der Waals surface area (Å²) in [6.07, 6.45) is 0. The topological polar surface area (TPSA) is 52.3 Å². The number of hydrogen-bond acceptors (Lipinski definition) is 2. The minimum atomic E-state index is -0.405. The van der Waals surface area contributed by atoms with Gasteiger partial charge in [0.2, 0.25) is 0 Å². The van der Waals surface area contributed by atoms with E-state index in [1.165, 1.54) is 7.11 Å². The minimum absolute atomic E-state index is 0.190. The summed E-state index contributed by atoms with van der Waals surface area (Å²) in [7, 11) is 1.24. The van der Waals surface area contributed by atoms with Crippen molar-refractivity contribution < 1.29 is 9.32 Å². The second-order valence-corrected chi connectivity index (χ2v) is 1.78. The summed E-state index contributed by atoms with van der Waals surface area (Å²) in [5, 5.41) is 0. The predicted octanol–water partition coefficient (Wildman–Crippen LogP) is 0.305. The fourth-order valence-corrected chi connectivity index (χ4v) is 0.302. The molecule has 0 aliphatic rings. The lowest BCUT2D eigenvalue weighted by Crippen LogP contribution is -1.99. The quantitative estimate of drug-likeness (QED) is 0.516. The Morgan fingerprint density at radius 2 is 2.50 bits per heavy atom. The first-order valence-electron chi connectivity index (χ1n) is 1.36. The lowest BCUT2D eigenvalue weighted by molar-refractivity contribution is 0.264. The summed E-state index contributed by atoms with van der Waals surface area (Å²) >= 11 is 0. The predicted molar refractivity (Wildman–Crippen MR) is 24.9 cm³/mol. The van der Waals surface area contributed by atoms with Gasteiger partial charge >= 0.3 is 0 Å². The van der Waals surface area contributed by atoms with Crippen molar-refractivity contribution in [3.63, 3.8) is 0 Å². The molecule has 3 nitrogen and oxygen atoms in total. The standard InChI is InChI=1S/C2H6NO2P/c1-5-6-2(3)4/h6H,1H3,(H2,3,4). The van der Waals surface area contributed by atoms with Gasteiger partial charge in [-0.05, 0) is 0 Å². The highest BCUT2D eigenvalue weighted by atomic mass is 31.1. The molecule has 2 N–H and O–H groups in total. The third-order valence-electron chi connectivity index (χ3n) is 0.203. The van der Waals surface area contributed by atoms with E-state index in [-0.39, 0.29) is 8.81 Å². The van der Waals surface area contributed by atoms with Gasteiger partial charge in [0, 0.05) is 7.11 Å². The van der Waals surface area contributed by atoms with Crippen LogP contribution >= 0.6 is 8.81 Å². The van der Waals surface area contributed by atoms with Crippen molar-refractivity contribution in [3.05, 3.63) is 0 Å². The second kappa shape index (κ2) is 3.07. The minimum Gasteiger partial charge on any atom is -0.364 e. The molecule has 0 aliphatic heterocycles. The molecule has 0 radical (unpaired) electrons. The van der Waals surface area contributed by atoms with Gasteiger partial charge < -0.3 is 10.3 Å². The molecule has 1 amide bonds. The summed E-state index contributed by atoms with van der Waals surface area (Å²) in [4.78, 5) is 9.71. The highest BCUT2D eigenvalue weighted by molar-refractivity contribution is 7.52. The third kappa shape index (κ3) is 3.86. The van der Waals surface area contributed by atoms with Crippen molar-refractivity contribution in [1.82, 2.24) is 0 Å². The lowest BCUT2D eigenvalue weighted by atomic mass is 11.5. The fourth-order valence-electron chi connectivity index (χ4n) is 0.101. The van der Waals surface area contributed by atoms with E-state index in [9.17, 15) is 4.79 Å². The number of nitrogens with two attached hydrogens (primary N) is 1. The Labute approximate surface area is 37.7 Å². The zero-order chi connectivity index (χ0) is 4.99. The van der Waals surface area contributed by atoms with Crippen LogP contribution in [0.1, 0.15) is 0 Å². The van der Waals surface area contributed by atoms with Crippen molar-refractivity contribution in [3.8, 4) is 0 Å². The Morgan fingerprint density at radius 3 is 2.50 bits per heavy atom. The van der Waals surface area contributed by atoms with Gasteiger partial charge in [-0.25, -0.2) is 0 Å². The van der Waals surface area contributed by atoms with Crippen LogP contribution in [-0.4, -0.2) is 12.8 Å². The number of amides is 1. The smallest absolute Gasteiger partial charge is 0.263 e. The first-order chi connectivity index (χ1) is 2.77. The van der Waals surface area contributed by atoms with Crippen molar-refractivity contribution in [2.24, 2.45) is 5.73 Å². The average Bonchev–Trinajstić information content (AvgIpc) is 1.35. The summed E-state index contributed by atoms with van der Waals surface area (Å²) in [6, 6.07) is 0. The molecule has 0 heterocycles. The van der Waals surface area contributed by atoms with Crippen molar-refractivity contribution >= 4 is 14.5 Å². The molecule has 0 rings (SSSR count). The molecule has 0 saturated heterocycles. The van der Waals surface area contributed by atoms with Crippen LogP contribution in [0.25, 0.3) is 0 Å². The Kier molecular flexibility index (Phi) is 2.99. The zero-order valence-corrected chi connectivity index (χ0v) is 4.39. The number of primary amides is 1. The maximum atomic E-state index is 9.71. The van der Waals surface area contributed by atoms with Crippen LogP contribution in [0.15, 0.2) is 0 Å². The van der Waals surface area contributed by atoms with E-state index in [0.717, 1.165) is 0 Å². The SMILES string of the molecule is COPC(N)=O. The molecular weight excluding hydrogens is 101 g/mol. The molecule has 0 fully saturated rings. The summed E-state index contributed by atoms with van der Waals surface area (Å²) in [5.74, 6) is 0. The van der Waals surface area contributed by atoms with E-state index in [0.29, 0.717) is 0 Å². The molecule has 1 atom stereocenters. The number of hydrogen-bond donors (Lipinski definition) is 1. The van der Waals surface area contributed by atoms with Gasteiger partial charge in [-0.3, -0.25) is 4.79 Å². The van der Waals surface area contributed by atoms with Crippen LogP contribution in [-0.2, 0) is 4.52 Å². The van der Waals surface area contributed by atoms with E-state index in [1.807, 2.05) is 0 Å². The molecule has 6 heavy (non-hydrogen) atoms. The number of carbonyl (C=O) groups excluding carboxylic acids is 1. The summed E-state index contributed by atoms with van der Waals surface area (Å²) < 4.78 is 4.36. The lowest BCUT2D eigenvalue weighted by Gasteiger charge is -1.84. The molecule has 0 spiro atoms. The maximum absolute atomic E-state index is 9.71. The number of rotatable bonds is 2. The highest BCUT2D eigenvalue weighted by Crippen LogP contribution is 2.05. The molecular formula is C2H6NO2P. The van der Waals surface area contributed by atoms with Crippen LogP contribution in [0.5, 0.6) is 0 Å². The van der Waals surface area contributed by atoms with Crippen LogP contribution < -0.4 is 5.73 Å². The van der Waals surface area contributed by atoms with E-state index in [1.54, 1.807) is 0 Å². The largest absolute Gasteiger partial charge is 0.364 e. The monoisotopic (exact) mass is 107 g/mol. The molecule has 36 valence electrons. The first-order valence-corrected chi connectivity index (χ1v) is 2.26. The normalized spacial score (nSPS) is 10.2. The van der Waals surface area contributed by atoms with Gasteiger partial charge in [0.15, 0.2) is 0 Å². The molecule has 0 aromatic carbocycles. The maximum Gasteiger partial charge on any atom is 0.263 e. The van der Waals surface area contributed by atoms with Gasteiger partial charge in [-0.15, -0.1) is 0 Å². The van der Waals surface area contributed by atoms with Crippen LogP contribution in [0.3, 0.4) is 0 Å². The highest BCUT2D eigenvalue weighted by Gasteiger charge is 1.84. The van der Waals surface area contributed by atoms with E-state index >= 15 is 0 Å². The molecule has 0 aromatic rings. The van der Waals surface area contributed by atoms with Crippen LogP contribution in [0.4, 0.5) is 4.79 Å². The Morgan fingerprint density at radius 1 is 2.00 bits per heavy atom. The average molecular weight is 107 g/mol. The van der Waals surface area contributed by atoms with Gasteiger partial charge in [-0.1, -0.05) is 0 Å². The molecule has 0 saturated carbocycles. The molecule has 0 bridgehead atoms. The van der Waals surface area contributed by atoms with E-state index in [4.69, 9.17) is 0 Å². The van der Waals surface area contributed by atoms with Crippen LogP contribution in [0.2, 0.25) is 0 Å². The molecule has 0 aromatic heterocycles. The van der Waals surface area contributed by atoms with E-state index in [2.05, 4.69) is 10.3 Å². The number of carbonyl (C=O) groups is 1. The second-order valence-electron chi connectivity index (χ2n) is 0.670. The first kappa shape index (κ1) is 5.86. The van der Waals surface area contributed by atoms with Crippen molar-refractivity contribution in [1.29, 1.82) is 0 Å². The Balaban J connectivity index is 2.83. The van der Waals surface area contributed by atoms with Gasteiger partial charge in [-0.2, -0.15) is 0 Å². The summed E-state index contributed by atoms with van der Waals surface area (Å²) in [5.41, 5.74) is 4.25. The van der Waals surface area contributed by atoms with Gasteiger partial charge in [0.1, 0.15) is 8.81 Å². The third-order valence-corrected chi connectivity index (χ3v) is 0.608. The van der Waals surface area contributed by atoms with Crippen molar-refractivity contribution in [2.75, 3.05) is 7.11 Å². The molecule has 0 aliphatic carbocycles. The zero-order valence-electron chi connectivity index (χ0n) is 3.39. The van der Waals surface area contributed by atoms with Crippen molar-refractivity contribution in [2.45, 2.75) is 0 Å². The summed E-state index contributed by atoms with van der Waals surface area (Å²) in [6.45, 7) is 0. The molecule has 4 heteroatoms. The van der Waals surface area contributed by atoms with E-state index < -0.39 is 5.65 Å². The van der Waals surface area contributed by atoms with Crippen LogP contribution in [0, 0.1) is 0 Å². The fraction of sp³-hybridized carbons (Fsp3) is 0.500.